The van der Waals surface area contributed by atoms with E-state index in [2.05, 4.69) is 25.5 Å². The van der Waals surface area contributed by atoms with Gasteiger partial charge < -0.3 is 5.32 Å². The number of aromatic nitrogens is 5. The molecule has 0 aliphatic rings. The maximum Gasteiger partial charge on any atom is 0.256 e. The summed E-state index contributed by atoms with van der Waals surface area (Å²) in [4.78, 5) is 21.4. The molecule has 9 heteroatoms. The molecule has 0 bridgehead atoms. The molecular weight excluding hydrogens is 320 g/mol. The summed E-state index contributed by atoms with van der Waals surface area (Å²) in [6, 6.07) is 1.96. The Hall–Kier alpha value is -2.00. The molecule has 0 saturated carbocycles. The van der Waals surface area contributed by atoms with Gasteiger partial charge in [-0.05, 0) is 26.8 Å². The van der Waals surface area contributed by atoms with Crippen LogP contribution in [0.5, 0.6) is 0 Å². The lowest BCUT2D eigenvalue weighted by Gasteiger charge is -2.04. The third-order valence-electron chi connectivity index (χ3n) is 2.86. The molecule has 3 aromatic heterocycles. The molecule has 22 heavy (non-hydrogen) atoms. The molecule has 0 spiro atoms. The molecule has 0 radical (unpaired) electrons. The molecule has 7 nitrogen and oxygen atoms in total. The number of amides is 1. The molecule has 0 atom stereocenters. The fourth-order valence-corrected chi connectivity index (χ4v) is 3.46. The smallest absolute Gasteiger partial charge is 0.256 e. The van der Waals surface area contributed by atoms with Crippen LogP contribution in [0.15, 0.2) is 17.4 Å². The van der Waals surface area contributed by atoms with E-state index in [1.165, 1.54) is 23.1 Å². The Balaban J connectivity index is 1.70. The van der Waals surface area contributed by atoms with E-state index in [1.807, 2.05) is 31.2 Å². The zero-order valence-corrected chi connectivity index (χ0v) is 14.0. The molecule has 3 heterocycles. The number of fused-ring (bicyclic) bond motifs is 1. The van der Waals surface area contributed by atoms with E-state index in [0.29, 0.717) is 16.1 Å². The highest BCUT2D eigenvalue weighted by molar-refractivity contribution is 7.99. The fourth-order valence-electron chi connectivity index (χ4n) is 1.99. The van der Waals surface area contributed by atoms with Gasteiger partial charge in [0.1, 0.15) is 0 Å². The van der Waals surface area contributed by atoms with E-state index in [0.717, 1.165) is 16.3 Å². The number of aryl methyl sites for hydroxylation is 3. The second-order valence-electron chi connectivity index (χ2n) is 4.77. The van der Waals surface area contributed by atoms with Gasteiger partial charge in [-0.15, -0.1) is 21.5 Å². The minimum Gasteiger partial charge on any atom is -0.301 e. The van der Waals surface area contributed by atoms with Gasteiger partial charge in [0.15, 0.2) is 10.3 Å². The van der Waals surface area contributed by atoms with Crippen molar-refractivity contribution in [1.29, 1.82) is 0 Å². The van der Waals surface area contributed by atoms with Crippen LogP contribution in [0.2, 0.25) is 0 Å². The normalized spacial score (nSPS) is 11.0. The van der Waals surface area contributed by atoms with Gasteiger partial charge in [0.2, 0.25) is 5.91 Å². The van der Waals surface area contributed by atoms with E-state index >= 15 is 0 Å². The van der Waals surface area contributed by atoms with E-state index in [1.54, 1.807) is 6.20 Å². The van der Waals surface area contributed by atoms with Crippen LogP contribution < -0.4 is 5.32 Å². The van der Waals surface area contributed by atoms with Crippen LogP contribution in [0.4, 0.5) is 5.13 Å². The number of anilines is 1. The Kier molecular flexibility index (Phi) is 4.08. The summed E-state index contributed by atoms with van der Waals surface area (Å²) in [6.07, 6.45) is 1.73. The number of hydrogen-bond acceptors (Lipinski definition) is 7. The van der Waals surface area contributed by atoms with E-state index < -0.39 is 0 Å². The van der Waals surface area contributed by atoms with Crippen molar-refractivity contribution < 1.29 is 4.79 Å². The van der Waals surface area contributed by atoms with E-state index in [9.17, 15) is 4.79 Å². The third kappa shape index (κ3) is 3.09. The van der Waals surface area contributed by atoms with Crippen LogP contribution >= 0.6 is 23.1 Å². The first-order valence-corrected chi connectivity index (χ1v) is 8.37. The zero-order valence-electron chi connectivity index (χ0n) is 12.3. The number of hydrogen-bond donors (Lipinski definition) is 1. The standard InChI is InChI=1S/C13H14N6OS2/c1-7-4-8(2)19-11(15-7)17-18-13(19)21-6-10(20)16-12-14-5-9(3)22-12/h4-5H,6H2,1-3H3,(H,14,16,20). The Bertz CT molecular complexity index is 840. The van der Waals surface area contributed by atoms with Gasteiger partial charge in [-0.3, -0.25) is 9.20 Å². The minimum absolute atomic E-state index is 0.117. The summed E-state index contributed by atoms with van der Waals surface area (Å²) in [6.45, 7) is 5.83. The maximum absolute atomic E-state index is 12.0. The molecular formula is C13H14N6OS2. The van der Waals surface area contributed by atoms with Crippen molar-refractivity contribution in [2.24, 2.45) is 0 Å². The van der Waals surface area contributed by atoms with Gasteiger partial charge in [-0.2, -0.15) is 0 Å². The molecule has 3 aromatic rings. The average molecular weight is 334 g/mol. The van der Waals surface area contributed by atoms with Crippen molar-refractivity contribution in [3.05, 3.63) is 28.5 Å². The molecule has 0 aromatic carbocycles. The van der Waals surface area contributed by atoms with Crippen LogP contribution in [0.3, 0.4) is 0 Å². The molecule has 0 unspecified atom stereocenters. The Labute approximate surface area is 135 Å². The van der Waals surface area contributed by atoms with Gasteiger partial charge in [-0.25, -0.2) is 9.97 Å². The highest BCUT2D eigenvalue weighted by Gasteiger charge is 2.13. The fraction of sp³-hybridized carbons (Fsp3) is 0.308. The van der Waals surface area contributed by atoms with E-state index in [4.69, 9.17) is 0 Å². The molecule has 0 fully saturated rings. The molecule has 0 aliphatic carbocycles. The van der Waals surface area contributed by atoms with Crippen molar-refractivity contribution >= 4 is 39.9 Å². The van der Waals surface area contributed by atoms with E-state index in [-0.39, 0.29) is 11.7 Å². The van der Waals surface area contributed by atoms with Crippen molar-refractivity contribution in [2.45, 2.75) is 25.9 Å². The van der Waals surface area contributed by atoms with Gasteiger partial charge in [0.05, 0.1) is 5.75 Å². The lowest BCUT2D eigenvalue weighted by Crippen LogP contribution is -2.14. The van der Waals surface area contributed by atoms with Crippen molar-refractivity contribution in [3.8, 4) is 0 Å². The number of thiazole rings is 1. The van der Waals surface area contributed by atoms with Gasteiger partial charge in [0, 0.05) is 22.5 Å². The number of carbonyl (C=O) groups is 1. The second kappa shape index (κ2) is 6.01. The number of nitrogens with one attached hydrogen (secondary N) is 1. The molecule has 0 saturated heterocycles. The highest BCUT2D eigenvalue weighted by atomic mass is 32.2. The number of carbonyl (C=O) groups excluding carboxylic acids is 1. The lowest BCUT2D eigenvalue weighted by molar-refractivity contribution is -0.113. The van der Waals surface area contributed by atoms with Crippen molar-refractivity contribution in [1.82, 2.24) is 24.6 Å². The van der Waals surface area contributed by atoms with Crippen LogP contribution in [-0.4, -0.2) is 36.2 Å². The summed E-state index contributed by atoms with van der Waals surface area (Å²) in [5.41, 5.74) is 1.89. The largest absolute Gasteiger partial charge is 0.301 e. The summed E-state index contributed by atoms with van der Waals surface area (Å²) in [7, 11) is 0. The van der Waals surface area contributed by atoms with Crippen LogP contribution in [0, 0.1) is 20.8 Å². The topological polar surface area (TPSA) is 85.1 Å². The SMILES string of the molecule is Cc1cc(C)n2c(SCC(=O)Nc3ncc(C)s3)nnc2n1. The summed E-state index contributed by atoms with van der Waals surface area (Å²) in [5.74, 6) is 0.678. The van der Waals surface area contributed by atoms with Crippen LogP contribution in [-0.2, 0) is 4.79 Å². The summed E-state index contributed by atoms with van der Waals surface area (Å²) in [5, 5.41) is 12.2. The van der Waals surface area contributed by atoms with Crippen molar-refractivity contribution in [3.63, 3.8) is 0 Å². The van der Waals surface area contributed by atoms with Crippen LogP contribution in [0.1, 0.15) is 16.3 Å². The van der Waals surface area contributed by atoms with Gasteiger partial charge >= 0.3 is 0 Å². The second-order valence-corrected chi connectivity index (χ2v) is 6.95. The maximum atomic E-state index is 12.0. The zero-order chi connectivity index (χ0) is 15.7. The number of thioether (sulfide) groups is 1. The summed E-state index contributed by atoms with van der Waals surface area (Å²) < 4.78 is 1.85. The molecule has 1 amide bonds. The van der Waals surface area contributed by atoms with Gasteiger partial charge in [-0.1, -0.05) is 11.8 Å². The Morgan fingerprint density at radius 3 is 2.91 bits per heavy atom. The predicted octanol–water partition coefficient (Wildman–Crippen LogP) is 2.24. The Morgan fingerprint density at radius 2 is 2.18 bits per heavy atom. The molecule has 114 valence electrons. The number of rotatable bonds is 4. The minimum atomic E-state index is -0.117. The Morgan fingerprint density at radius 1 is 1.36 bits per heavy atom. The monoisotopic (exact) mass is 334 g/mol. The summed E-state index contributed by atoms with van der Waals surface area (Å²) >= 11 is 2.78. The molecule has 3 rings (SSSR count). The van der Waals surface area contributed by atoms with Crippen molar-refractivity contribution in [2.75, 3.05) is 11.1 Å². The van der Waals surface area contributed by atoms with Gasteiger partial charge in [0.25, 0.3) is 5.78 Å². The number of nitrogens with zero attached hydrogens (tertiary/aromatic N) is 5. The highest BCUT2D eigenvalue weighted by Crippen LogP contribution is 2.20. The first-order chi connectivity index (χ1) is 10.5. The third-order valence-corrected chi connectivity index (χ3v) is 4.62. The molecule has 0 aliphatic heterocycles. The first kappa shape index (κ1) is 14.9. The average Bonchev–Trinajstić information content (AvgIpc) is 3.03. The quantitative estimate of drug-likeness (QED) is 0.737. The molecule has 1 N–H and O–H groups in total. The van der Waals surface area contributed by atoms with Crippen LogP contribution in [0.25, 0.3) is 5.78 Å². The first-order valence-electron chi connectivity index (χ1n) is 6.57. The lowest BCUT2D eigenvalue weighted by atomic mass is 10.3. The predicted molar refractivity (Wildman–Crippen MR) is 86.5 cm³/mol.